The molecule has 0 radical (unpaired) electrons. The highest BCUT2D eigenvalue weighted by atomic mass is 35.5. The zero-order valence-electron chi connectivity index (χ0n) is 23.5. The van der Waals surface area contributed by atoms with E-state index in [1.54, 1.807) is 44.4 Å². The van der Waals surface area contributed by atoms with E-state index in [4.69, 9.17) is 30.8 Å². The van der Waals surface area contributed by atoms with E-state index in [1.807, 2.05) is 12.1 Å². The zero-order chi connectivity index (χ0) is 29.2. The summed E-state index contributed by atoms with van der Waals surface area (Å²) in [5.74, 6) is 0.299. The molecule has 7 nitrogen and oxygen atoms in total. The molecule has 0 amide bonds. The first-order chi connectivity index (χ1) is 20.2. The molecule has 0 saturated heterocycles. The number of nitrogens with zero attached hydrogens (tertiary/aromatic N) is 2. The van der Waals surface area contributed by atoms with Crippen LogP contribution in [0.15, 0.2) is 54.6 Å². The van der Waals surface area contributed by atoms with Crippen molar-refractivity contribution in [3.05, 3.63) is 88.0 Å². The lowest BCUT2D eigenvalue weighted by Gasteiger charge is -2.30. The molecule has 2 saturated carbocycles. The van der Waals surface area contributed by atoms with Gasteiger partial charge < -0.3 is 23.9 Å². The van der Waals surface area contributed by atoms with Gasteiger partial charge in [0.05, 0.1) is 28.8 Å². The summed E-state index contributed by atoms with van der Waals surface area (Å²) < 4.78 is 34.9. The Morgan fingerprint density at radius 2 is 1.98 bits per heavy atom. The highest BCUT2D eigenvalue weighted by Gasteiger charge is 2.58. The van der Waals surface area contributed by atoms with Crippen LogP contribution in [0.3, 0.4) is 0 Å². The minimum Gasteiger partial charge on any atom is -0.478 e. The summed E-state index contributed by atoms with van der Waals surface area (Å²) in [4.78, 5) is 16.6. The fraction of sp³-hybridized carbons (Fsp3) is 0.394. The summed E-state index contributed by atoms with van der Waals surface area (Å²) in [5.41, 5.74) is 3.52. The molecule has 218 valence electrons. The van der Waals surface area contributed by atoms with E-state index in [-0.39, 0.29) is 11.0 Å². The van der Waals surface area contributed by atoms with E-state index in [0.29, 0.717) is 47.1 Å². The Morgan fingerprint density at radius 1 is 1.17 bits per heavy atom. The Kier molecular flexibility index (Phi) is 6.47. The van der Waals surface area contributed by atoms with Gasteiger partial charge in [-0.2, -0.15) is 0 Å². The summed E-state index contributed by atoms with van der Waals surface area (Å²) >= 11 is 5.98. The van der Waals surface area contributed by atoms with Gasteiger partial charge in [0.15, 0.2) is 11.5 Å². The molecule has 2 unspecified atom stereocenters. The van der Waals surface area contributed by atoms with Gasteiger partial charge in [-0.1, -0.05) is 23.7 Å². The van der Waals surface area contributed by atoms with Crippen LogP contribution in [0.5, 0.6) is 11.5 Å². The highest BCUT2D eigenvalue weighted by molar-refractivity contribution is 6.30. The predicted molar refractivity (Wildman–Crippen MR) is 156 cm³/mol. The second-order valence-electron chi connectivity index (χ2n) is 12.0. The average Bonchev–Trinajstić information content (AvgIpc) is 3.34. The van der Waals surface area contributed by atoms with Crippen molar-refractivity contribution in [1.29, 1.82) is 0 Å². The Morgan fingerprint density at radius 3 is 2.71 bits per heavy atom. The summed E-state index contributed by atoms with van der Waals surface area (Å²) in [7, 11) is 1.67. The molecule has 2 heterocycles. The third kappa shape index (κ3) is 4.43. The number of aromatic nitrogens is 2. The Labute approximate surface area is 248 Å². The van der Waals surface area contributed by atoms with Crippen molar-refractivity contribution in [2.75, 3.05) is 13.7 Å². The smallest absolute Gasteiger partial charge is 0.335 e. The minimum absolute atomic E-state index is 0.189. The molecule has 7 rings (SSSR count). The quantitative estimate of drug-likeness (QED) is 0.238. The number of rotatable bonds is 7. The van der Waals surface area contributed by atoms with Gasteiger partial charge in [0, 0.05) is 37.1 Å². The van der Waals surface area contributed by atoms with Crippen LogP contribution in [-0.4, -0.2) is 34.3 Å². The van der Waals surface area contributed by atoms with Crippen LogP contribution in [0.25, 0.3) is 11.0 Å². The molecule has 1 aromatic heterocycles. The minimum atomic E-state index is -1.27. The number of benzene rings is 3. The van der Waals surface area contributed by atoms with Crippen molar-refractivity contribution < 1.29 is 28.5 Å². The molecule has 4 aromatic rings. The normalized spacial score (nSPS) is 26.2. The fourth-order valence-corrected chi connectivity index (χ4v) is 7.32. The number of ether oxygens (including phenoxy) is 3. The van der Waals surface area contributed by atoms with Crippen molar-refractivity contribution in [2.45, 2.75) is 63.2 Å². The monoisotopic (exact) mass is 590 g/mol. The summed E-state index contributed by atoms with van der Waals surface area (Å²) in [5, 5.41) is 9.86. The standard InChI is InChI=1S/C33H32ClFN2O5/c1-32(23-8-7-21(34)17-25(23)35)41-28-5-3-4-22(29(28)42-32)19-10-12-33(13-11-19)18-24(33)30-36-26-9-6-20(31(38)39)16-27(26)37(30)14-15-40-2/h3-9,16-17,19,24H,10-15,18H2,1-2H3,(H,38,39). The number of carboxylic acid groups (broad SMARTS) is 1. The second-order valence-corrected chi connectivity index (χ2v) is 12.4. The molecule has 1 N–H and O–H groups in total. The van der Waals surface area contributed by atoms with Crippen LogP contribution in [0, 0.1) is 11.2 Å². The van der Waals surface area contributed by atoms with Crippen LogP contribution in [0.2, 0.25) is 5.02 Å². The van der Waals surface area contributed by atoms with E-state index >= 15 is 0 Å². The molecule has 0 bridgehead atoms. The van der Waals surface area contributed by atoms with Crippen molar-refractivity contribution in [3.63, 3.8) is 0 Å². The molecular weight excluding hydrogens is 559 g/mol. The molecule has 2 aliphatic carbocycles. The van der Waals surface area contributed by atoms with E-state index in [9.17, 15) is 14.3 Å². The van der Waals surface area contributed by atoms with Gasteiger partial charge in [0.25, 0.3) is 5.79 Å². The third-order valence-corrected chi connectivity index (χ3v) is 9.73. The lowest BCUT2D eigenvalue weighted by molar-refractivity contribution is -0.0712. The van der Waals surface area contributed by atoms with Crippen LogP contribution in [-0.2, 0) is 17.1 Å². The topological polar surface area (TPSA) is 82.8 Å². The van der Waals surface area contributed by atoms with Gasteiger partial charge in [-0.3, -0.25) is 0 Å². The first-order valence-corrected chi connectivity index (χ1v) is 14.8. The maximum atomic E-state index is 14.8. The molecule has 2 fully saturated rings. The van der Waals surface area contributed by atoms with Gasteiger partial charge in [-0.15, -0.1) is 0 Å². The molecule has 3 aromatic carbocycles. The average molecular weight is 591 g/mol. The van der Waals surface area contributed by atoms with Crippen molar-refractivity contribution in [1.82, 2.24) is 9.55 Å². The second kappa shape index (κ2) is 9.99. The van der Waals surface area contributed by atoms with Gasteiger partial charge in [0.2, 0.25) is 0 Å². The maximum Gasteiger partial charge on any atom is 0.335 e. The number of methoxy groups -OCH3 is 1. The molecule has 2 atom stereocenters. The highest BCUT2D eigenvalue weighted by Crippen LogP contribution is 2.68. The largest absolute Gasteiger partial charge is 0.478 e. The van der Waals surface area contributed by atoms with Gasteiger partial charge in [0.1, 0.15) is 11.6 Å². The van der Waals surface area contributed by atoms with E-state index < -0.39 is 17.6 Å². The summed E-state index contributed by atoms with van der Waals surface area (Å²) in [6, 6.07) is 15.6. The number of imidazole rings is 1. The number of fused-ring (bicyclic) bond motifs is 2. The number of aromatic carboxylic acids is 1. The van der Waals surface area contributed by atoms with Gasteiger partial charge in [-0.25, -0.2) is 14.2 Å². The molecule has 1 spiro atoms. The number of carboxylic acids is 1. The van der Waals surface area contributed by atoms with Gasteiger partial charge in [-0.05, 0) is 85.9 Å². The Hall–Kier alpha value is -3.62. The van der Waals surface area contributed by atoms with Crippen molar-refractivity contribution >= 4 is 28.6 Å². The number of hydrogen-bond donors (Lipinski definition) is 1. The third-order valence-electron chi connectivity index (χ3n) is 9.50. The van der Waals surface area contributed by atoms with E-state index in [0.717, 1.165) is 54.5 Å². The Bertz CT molecular complexity index is 1710. The lowest BCUT2D eigenvalue weighted by atomic mass is 9.75. The number of carbonyl (C=O) groups is 1. The lowest BCUT2D eigenvalue weighted by Crippen LogP contribution is -2.32. The van der Waals surface area contributed by atoms with Crippen LogP contribution in [0.4, 0.5) is 4.39 Å². The maximum absolute atomic E-state index is 14.8. The van der Waals surface area contributed by atoms with E-state index in [1.165, 1.54) is 6.07 Å². The number of hydrogen-bond acceptors (Lipinski definition) is 5. The zero-order valence-corrected chi connectivity index (χ0v) is 24.3. The SMILES string of the molecule is COCCn1c(C2CC23CCC(c2cccc4c2OC(C)(c2ccc(Cl)cc2F)O4)CC3)nc2ccc(C(=O)O)cc21. The first kappa shape index (κ1) is 27.2. The van der Waals surface area contributed by atoms with Crippen LogP contribution < -0.4 is 9.47 Å². The molecule has 3 aliphatic rings. The van der Waals surface area contributed by atoms with Crippen LogP contribution in [0.1, 0.15) is 78.2 Å². The summed E-state index contributed by atoms with van der Waals surface area (Å²) in [6.07, 6.45) is 5.20. The Balaban J connectivity index is 1.11. The molecule has 1 aliphatic heterocycles. The number of para-hydroxylation sites is 1. The molecule has 9 heteroatoms. The predicted octanol–water partition coefficient (Wildman–Crippen LogP) is 7.65. The van der Waals surface area contributed by atoms with Crippen molar-refractivity contribution in [2.24, 2.45) is 5.41 Å². The van der Waals surface area contributed by atoms with Gasteiger partial charge >= 0.3 is 5.97 Å². The van der Waals surface area contributed by atoms with Crippen LogP contribution >= 0.6 is 11.6 Å². The summed E-state index contributed by atoms with van der Waals surface area (Å²) in [6.45, 7) is 2.89. The van der Waals surface area contributed by atoms with E-state index in [2.05, 4.69) is 10.6 Å². The molecule has 42 heavy (non-hydrogen) atoms. The number of halogens is 2. The first-order valence-electron chi connectivity index (χ1n) is 14.4. The molecular formula is C33H32ClFN2O5. The van der Waals surface area contributed by atoms with Crippen molar-refractivity contribution in [3.8, 4) is 11.5 Å². The fourth-order valence-electron chi connectivity index (χ4n) is 7.16.